The van der Waals surface area contributed by atoms with Gasteiger partial charge < -0.3 is 4.74 Å². The number of nitrogens with one attached hydrogen (secondary N) is 1. The van der Waals surface area contributed by atoms with Gasteiger partial charge in [-0.05, 0) is 11.4 Å². The number of ether oxygens (including phenoxy) is 1. The number of morpholine rings is 1. The first-order valence-corrected chi connectivity index (χ1v) is 7.41. The van der Waals surface area contributed by atoms with Gasteiger partial charge in [0.2, 0.25) is 5.91 Å². The van der Waals surface area contributed by atoms with E-state index in [0.717, 1.165) is 43.4 Å². The highest BCUT2D eigenvalue weighted by atomic mass is 32.1. The summed E-state index contributed by atoms with van der Waals surface area (Å²) in [5.74, 6) is 0.198. The summed E-state index contributed by atoms with van der Waals surface area (Å²) < 4.78 is 5.36. The molecule has 1 unspecified atom stereocenters. The van der Waals surface area contributed by atoms with Gasteiger partial charge in [-0.3, -0.25) is 9.69 Å². The third kappa shape index (κ3) is 3.02. The summed E-state index contributed by atoms with van der Waals surface area (Å²) in [6, 6.07) is 4.08. The van der Waals surface area contributed by atoms with Crippen LogP contribution < -0.4 is 5.43 Å². The zero-order valence-electron chi connectivity index (χ0n) is 10.7. The van der Waals surface area contributed by atoms with Crippen molar-refractivity contribution in [3.05, 3.63) is 22.4 Å². The Morgan fingerprint density at radius 2 is 2.32 bits per heavy atom. The Morgan fingerprint density at radius 3 is 3.05 bits per heavy atom. The van der Waals surface area contributed by atoms with Crippen LogP contribution in [0.5, 0.6) is 0 Å². The van der Waals surface area contributed by atoms with Gasteiger partial charge in [0, 0.05) is 32.0 Å². The van der Waals surface area contributed by atoms with Crippen molar-refractivity contribution in [3.8, 4) is 0 Å². The number of carbonyl (C=O) groups is 1. The number of amides is 1. The van der Waals surface area contributed by atoms with E-state index in [4.69, 9.17) is 4.74 Å². The van der Waals surface area contributed by atoms with Gasteiger partial charge >= 0.3 is 0 Å². The summed E-state index contributed by atoms with van der Waals surface area (Å²) in [6.45, 7) is 4.33. The van der Waals surface area contributed by atoms with E-state index in [1.807, 2.05) is 11.4 Å². The van der Waals surface area contributed by atoms with Crippen LogP contribution in [0.1, 0.15) is 11.3 Å². The zero-order chi connectivity index (χ0) is 13.1. The number of carbonyl (C=O) groups excluding carboxylic acids is 1. The van der Waals surface area contributed by atoms with Crippen molar-refractivity contribution in [1.82, 2.24) is 10.3 Å². The quantitative estimate of drug-likeness (QED) is 0.895. The number of nitrogens with zero attached hydrogens (tertiary/aromatic N) is 2. The fourth-order valence-corrected chi connectivity index (χ4v) is 3.30. The Labute approximate surface area is 116 Å². The standard InChI is InChI=1S/C13H17N3O2S/c17-12-8-10(9-16-3-5-18-6-4-16)13(15-14-12)11-2-1-7-19-11/h1-2,7,10H,3-6,8-9H2,(H,14,17). The second-order valence-electron chi connectivity index (χ2n) is 4.82. The van der Waals surface area contributed by atoms with Crippen molar-refractivity contribution >= 4 is 23.0 Å². The van der Waals surface area contributed by atoms with E-state index in [1.165, 1.54) is 0 Å². The van der Waals surface area contributed by atoms with Crippen LogP contribution in [0.4, 0.5) is 0 Å². The molecular formula is C13H17N3O2S. The number of rotatable bonds is 3. The van der Waals surface area contributed by atoms with E-state index < -0.39 is 0 Å². The van der Waals surface area contributed by atoms with Crippen LogP contribution in [-0.2, 0) is 9.53 Å². The fraction of sp³-hybridized carbons (Fsp3) is 0.538. The molecule has 1 fully saturated rings. The smallest absolute Gasteiger partial charge is 0.240 e. The first-order chi connectivity index (χ1) is 9.33. The molecule has 19 heavy (non-hydrogen) atoms. The van der Waals surface area contributed by atoms with Gasteiger partial charge in [-0.25, -0.2) is 5.43 Å². The molecule has 0 aromatic carbocycles. The minimum absolute atomic E-state index is 0.0126. The summed E-state index contributed by atoms with van der Waals surface area (Å²) in [5.41, 5.74) is 3.61. The molecule has 3 rings (SSSR count). The fourth-order valence-electron chi connectivity index (χ4n) is 2.51. The molecule has 1 aromatic heterocycles. The zero-order valence-corrected chi connectivity index (χ0v) is 11.5. The summed E-state index contributed by atoms with van der Waals surface area (Å²) in [4.78, 5) is 15.1. The molecule has 0 radical (unpaired) electrons. The highest BCUT2D eigenvalue weighted by molar-refractivity contribution is 7.12. The second kappa shape index (κ2) is 5.81. The molecule has 102 valence electrons. The predicted octanol–water partition coefficient (Wildman–Crippen LogP) is 0.920. The summed E-state index contributed by atoms with van der Waals surface area (Å²) in [7, 11) is 0. The van der Waals surface area contributed by atoms with Crippen LogP contribution in [0.2, 0.25) is 0 Å². The maximum Gasteiger partial charge on any atom is 0.240 e. The number of hydrogen-bond acceptors (Lipinski definition) is 5. The van der Waals surface area contributed by atoms with Crippen LogP contribution in [0.25, 0.3) is 0 Å². The van der Waals surface area contributed by atoms with Crippen LogP contribution in [-0.4, -0.2) is 49.4 Å². The largest absolute Gasteiger partial charge is 0.379 e. The molecular weight excluding hydrogens is 262 g/mol. The van der Waals surface area contributed by atoms with Crippen LogP contribution >= 0.6 is 11.3 Å². The van der Waals surface area contributed by atoms with E-state index >= 15 is 0 Å². The Hall–Kier alpha value is -1.24. The average Bonchev–Trinajstić information content (AvgIpc) is 2.94. The normalized spacial score (nSPS) is 24.9. The molecule has 0 bridgehead atoms. The maximum absolute atomic E-state index is 11.6. The van der Waals surface area contributed by atoms with Gasteiger partial charge in [0.15, 0.2) is 0 Å². The van der Waals surface area contributed by atoms with Crippen molar-refractivity contribution in [2.24, 2.45) is 11.0 Å². The Kier molecular flexibility index (Phi) is 3.91. The van der Waals surface area contributed by atoms with E-state index in [1.54, 1.807) is 11.3 Å². The van der Waals surface area contributed by atoms with Crippen molar-refractivity contribution in [3.63, 3.8) is 0 Å². The minimum atomic E-state index is 0.0126. The lowest BCUT2D eigenvalue weighted by Gasteiger charge is -2.31. The van der Waals surface area contributed by atoms with Crippen LogP contribution in [0.3, 0.4) is 0 Å². The van der Waals surface area contributed by atoms with Gasteiger partial charge in [-0.2, -0.15) is 5.10 Å². The number of hydrazone groups is 1. The molecule has 5 nitrogen and oxygen atoms in total. The molecule has 1 aromatic rings. The molecule has 2 aliphatic rings. The molecule has 0 aliphatic carbocycles. The maximum atomic E-state index is 11.6. The highest BCUT2D eigenvalue weighted by Crippen LogP contribution is 2.22. The third-order valence-corrected chi connectivity index (χ3v) is 4.37. The summed E-state index contributed by atoms with van der Waals surface area (Å²) in [5, 5.41) is 6.31. The third-order valence-electron chi connectivity index (χ3n) is 3.48. The molecule has 1 atom stereocenters. The topological polar surface area (TPSA) is 53.9 Å². The number of thiophene rings is 1. The molecule has 1 saturated heterocycles. The predicted molar refractivity (Wildman–Crippen MR) is 74.4 cm³/mol. The summed E-state index contributed by atoms with van der Waals surface area (Å²) in [6.07, 6.45) is 0.522. The Bertz CT molecular complexity index is 466. The van der Waals surface area contributed by atoms with E-state index in [9.17, 15) is 4.79 Å². The van der Waals surface area contributed by atoms with Crippen molar-refractivity contribution < 1.29 is 9.53 Å². The molecule has 6 heteroatoms. The Balaban J connectivity index is 1.74. The van der Waals surface area contributed by atoms with Gasteiger partial charge in [0.25, 0.3) is 0 Å². The monoisotopic (exact) mass is 279 g/mol. The summed E-state index contributed by atoms with van der Waals surface area (Å²) >= 11 is 1.67. The van der Waals surface area contributed by atoms with Crippen molar-refractivity contribution in [1.29, 1.82) is 0 Å². The van der Waals surface area contributed by atoms with Gasteiger partial charge in [0.1, 0.15) is 0 Å². The Morgan fingerprint density at radius 1 is 1.47 bits per heavy atom. The molecule has 3 heterocycles. The number of hydrogen-bond donors (Lipinski definition) is 1. The first kappa shape index (κ1) is 12.8. The van der Waals surface area contributed by atoms with E-state index in [2.05, 4.69) is 21.5 Å². The van der Waals surface area contributed by atoms with E-state index in [-0.39, 0.29) is 11.8 Å². The lowest BCUT2D eigenvalue weighted by molar-refractivity contribution is -0.122. The molecule has 1 amide bonds. The van der Waals surface area contributed by atoms with Crippen LogP contribution in [0.15, 0.2) is 22.6 Å². The molecule has 0 spiro atoms. The lowest BCUT2D eigenvalue weighted by atomic mass is 9.95. The van der Waals surface area contributed by atoms with Crippen molar-refractivity contribution in [2.45, 2.75) is 6.42 Å². The van der Waals surface area contributed by atoms with Gasteiger partial charge in [0.05, 0.1) is 23.8 Å². The van der Waals surface area contributed by atoms with Crippen molar-refractivity contribution in [2.75, 3.05) is 32.8 Å². The lowest BCUT2D eigenvalue weighted by Crippen LogP contribution is -2.44. The average molecular weight is 279 g/mol. The SMILES string of the molecule is O=C1CC(CN2CCOCC2)C(c2cccs2)=NN1. The highest BCUT2D eigenvalue weighted by Gasteiger charge is 2.28. The molecule has 1 N–H and O–H groups in total. The minimum Gasteiger partial charge on any atom is -0.379 e. The van der Waals surface area contributed by atoms with Gasteiger partial charge in [-0.15, -0.1) is 11.3 Å². The van der Waals surface area contributed by atoms with Gasteiger partial charge in [-0.1, -0.05) is 6.07 Å². The second-order valence-corrected chi connectivity index (χ2v) is 5.77. The molecule has 2 aliphatic heterocycles. The first-order valence-electron chi connectivity index (χ1n) is 6.53. The van der Waals surface area contributed by atoms with E-state index in [0.29, 0.717) is 6.42 Å². The van der Waals surface area contributed by atoms with Crippen LogP contribution in [0, 0.1) is 5.92 Å². The molecule has 0 saturated carbocycles.